The van der Waals surface area contributed by atoms with Crippen LogP contribution in [0.5, 0.6) is 5.75 Å². The second-order valence-electron chi connectivity index (χ2n) is 6.61. The molecule has 1 unspecified atom stereocenters. The first-order valence-corrected chi connectivity index (χ1v) is 8.81. The quantitative estimate of drug-likeness (QED) is 0.650. The fourth-order valence-corrected chi connectivity index (χ4v) is 3.31. The van der Waals surface area contributed by atoms with Crippen molar-refractivity contribution in [3.05, 3.63) is 60.0 Å². The van der Waals surface area contributed by atoms with Gasteiger partial charge in [-0.15, -0.1) is 0 Å². The van der Waals surface area contributed by atoms with Crippen molar-refractivity contribution in [2.45, 2.75) is 18.5 Å². The van der Waals surface area contributed by atoms with Crippen LogP contribution in [-0.2, 0) is 11.0 Å². The zero-order chi connectivity index (χ0) is 20.6. The number of hydrogen-bond acceptors (Lipinski definition) is 5. The molecule has 1 fully saturated rings. The number of para-hydroxylation sites is 1. The van der Waals surface area contributed by atoms with E-state index in [-0.39, 0.29) is 30.5 Å². The van der Waals surface area contributed by atoms with Gasteiger partial charge in [-0.25, -0.2) is 0 Å². The molecule has 2 heterocycles. The first-order chi connectivity index (χ1) is 13.9. The Bertz CT molecular complexity index is 1050. The number of halogens is 3. The van der Waals surface area contributed by atoms with Gasteiger partial charge in [0, 0.05) is 18.7 Å². The van der Waals surface area contributed by atoms with Crippen LogP contribution in [0.15, 0.2) is 53.1 Å². The van der Waals surface area contributed by atoms with Crippen molar-refractivity contribution in [2.24, 2.45) is 0 Å². The summed E-state index contributed by atoms with van der Waals surface area (Å²) in [6.45, 7) is 0.160. The molecule has 6 nitrogen and oxygen atoms in total. The smallest absolute Gasteiger partial charge is 0.416 e. The molecule has 1 aromatic heterocycles. The van der Waals surface area contributed by atoms with E-state index < -0.39 is 17.7 Å². The van der Waals surface area contributed by atoms with Gasteiger partial charge in [-0.2, -0.15) is 18.2 Å². The largest absolute Gasteiger partial charge is 0.496 e. The van der Waals surface area contributed by atoms with E-state index in [0.717, 1.165) is 12.1 Å². The lowest BCUT2D eigenvalue weighted by molar-refractivity contribution is -0.137. The predicted octanol–water partition coefficient (Wildman–Crippen LogP) is 4.28. The van der Waals surface area contributed by atoms with Crippen LogP contribution in [0.4, 0.5) is 18.9 Å². The normalized spacial score (nSPS) is 17.0. The summed E-state index contributed by atoms with van der Waals surface area (Å²) >= 11 is 0. The highest BCUT2D eigenvalue weighted by Gasteiger charge is 2.37. The number of rotatable bonds is 4. The van der Waals surface area contributed by atoms with Gasteiger partial charge in [-0.3, -0.25) is 4.79 Å². The fraction of sp³-hybridized carbons (Fsp3) is 0.250. The first-order valence-electron chi connectivity index (χ1n) is 8.81. The highest BCUT2D eigenvalue weighted by molar-refractivity contribution is 5.96. The standard InChI is InChI=1S/C20H16F3N3O3/c1-28-16-8-3-2-7-15(16)18-24-19(29-25-18)12-9-17(27)26(11-12)14-6-4-5-13(10-14)20(21,22)23/h2-8,10,12H,9,11H2,1H3. The number of carbonyl (C=O) groups is 1. The summed E-state index contributed by atoms with van der Waals surface area (Å²) in [5.74, 6) is 0.448. The Balaban J connectivity index is 1.57. The number of aromatic nitrogens is 2. The third-order valence-electron chi connectivity index (χ3n) is 4.75. The van der Waals surface area contributed by atoms with Crippen LogP contribution >= 0.6 is 0 Å². The summed E-state index contributed by atoms with van der Waals surface area (Å²) < 4.78 is 49.5. The maximum Gasteiger partial charge on any atom is 0.416 e. The zero-order valence-corrected chi connectivity index (χ0v) is 15.3. The Kier molecular flexibility index (Phi) is 4.73. The molecular weight excluding hydrogens is 387 g/mol. The van der Waals surface area contributed by atoms with Gasteiger partial charge in [0.2, 0.25) is 17.6 Å². The predicted molar refractivity (Wildman–Crippen MR) is 97.4 cm³/mol. The van der Waals surface area contributed by atoms with E-state index in [0.29, 0.717) is 17.1 Å². The summed E-state index contributed by atoms with van der Waals surface area (Å²) in [5.41, 5.74) is 0.0309. The molecule has 1 aliphatic rings. The van der Waals surface area contributed by atoms with E-state index in [1.807, 2.05) is 12.1 Å². The number of benzene rings is 2. The lowest BCUT2D eigenvalue weighted by Crippen LogP contribution is -2.24. The lowest BCUT2D eigenvalue weighted by atomic mass is 10.1. The van der Waals surface area contributed by atoms with E-state index in [1.54, 1.807) is 12.1 Å². The van der Waals surface area contributed by atoms with Gasteiger partial charge >= 0.3 is 6.18 Å². The maximum absolute atomic E-state index is 13.0. The summed E-state index contributed by atoms with van der Waals surface area (Å²) in [5, 5.41) is 3.96. The van der Waals surface area contributed by atoms with Gasteiger partial charge in [0.05, 0.1) is 24.2 Å². The second-order valence-corrected chi connectivity index (χ2v) is 6.61. The van der Waals surface area contributed by atoms with Crippen molar-refractivity contribution in [3.8, 4) is 17.1 Å². The minimum atomic E-state index is -4.48. The van der Waals surface area contributed by atoms with Crippen LogP contribution in [0.2, 0.25) is 0 Å². The molecule has 4 rings (SSSR count). The number of anilines is 1. The van der Waals surface area contributed by atoms with Crippen molar-refractivity contribution in [1.82, 2.24) is 10.1 Å². The number of nitrogens with zero attached hydrogens (tertiary/aromatic N) is 3. The molecule has 3 aromatic rings. The van der Waals surface area contributed by atoms with Crippen LogP contribution < -0.4 is 9.64 Å². The molecule has 0 bridgehead atoms. The van der Waals surface area contributed by atoms with Crippen LogP contribution in [0.25, 0.3) is 11.4 Å². The number of hydrogen-bond donors (Lipinski definition) is 0. The summed E-state index contributed by atoms with van der Waals surface area (Å²) in [7, 11) is 1.53. The van der Waals surface area contributed by atoms with Crippen molar-refractivity contribution in [2.75, 3.05) is 18.6 Å². The Hall–Kier alpha value is -3.36. The molecule has 1 atom stereocenters. The minimum absolute atomic E-state index is 0.0732. The minimum Gasteiger partial charge on any atom is -0.496 e. The molecule has 1 aliphatic heterocycles. The Labute approximate surface area is 163 Å². The van der Waals surface area contributed by atoms with Gasteiger partial charge < -0.3 is 14.2 Å². The zero-order valence-electron chi connectivity index (χ0n) is 15.3. The molecule has 1 amide bonds. The number of ether oxygens (including phenoxy) is 1. The van der Waals surface area contributed by atoms with Gasteiger partial charge in [0.15, 0.2) is 0 Å². The fourth-order valence-electron chi connectivity index (χ4n) is 3.31. The van der Waals surface area contributed by atoms with Gasteiger partial charge in [0.1, 0.15) is 5.75 Å². The molecule has 29 heavy (non-hydrogen) atoms. The van der Waals surface area contributed by atoms with Crippen molar-refractivity contribution in [1.29, 1.82) is 0 Å². The topological polar surface area (TPSA) is 68.5 Å². The highest BCUT2D eigenvalue weighted by atomic mass is 19.4. The Morgan fingerprint density at radius 3 is 2.72 bits per heavy atom. The molecule has 9 heteroatoms. The van der Waals surface area contributed by atoms with Crippen LogP contribution in [0.3, 0.4) is 0 Å². The molecule has 0 N–H and O–H groups in total. The molecular formula is C20H16F3N3O3. The molecule has 0 aliphatic carbocycles. The van der Waals surface area contributed by atoms with Crippen molar-refractivity contribution < 1.29 is 27.2 Å². The number of carbonyl (C=O) groups excluding carboxylic acids is 1. The van der Waals surface area contributed by atoms with Crippen molar-refractivity contribution in [3.63, 3.8) is 0 Å². The SMILES string of the molecule is COc1ccccc1-c1noc(C2CC(=O)N(c3cccc(C(F)(F)F)c3)C2)n1. The van der Waals surface area contributed by atoms with Crippen molar-refractivity contribution >= 4 is 11.6 Å². The summed E-state index contributed by atoms with van der Waals surface area (Å²) in [6, 6.07) is 11.9. The van der Waals surface area contributed by atoms with Gasteiger partial charge in [-0.1, -0.05) is 23.4 Å². The van der Waals surface area contributed by atoms with Gasteiger partial charge in [0.25, 0.3) is 0 Å². The highest BCUT2D eigenvalue weighted by Crippen LogP contribution is 2.36. The lowest BCUT2D eigenvalue weighted by Gasteiger charge is -2.17. The third-order valence-corrected chi connectivity index (χ3v) is 4.75. The summed E-state index contributed by atoms with van der Waals surface area (Å²) in [4.78, 5) is 18.1. The molecule has 1 saturated heterocycles. The average molecular weight is 403 g/mol. The van der Waals surface area contributed by atoms with E-state index >= 15 is 0 Å². The molecule has 2 aromatic carbocycles. The monoisotopic (exact) mass is 403 g/mol. The Morgan fingerprint density at radius 2 is 1.97 bits per heavy atom. The Morgan fingerprint density at radius 1 is 1.17 bits per heavy atom. The number of alkyl halides is 3. The molecule has 150 valence electrons. The first kappa shape index (κ1) is 19.0. The van der Waals surface area contributed by atoms with E-state index in [1.165, 1.54) is 24.1 Å². The number of methoxy groups -OCH3 is 1. The van der Waals surface area contributed by atoms with Gasteiger partial charge in [-0.05, 0) is 30.3 Å². The molecule has 0 saturated carbocycles. The third kappa shape index (κ3) is 3.67. The van der Waals surface area contributed by atoms with E-state index in [2.05, 4.69) is 10.1 Å². The van der Waals surface area contributed by atoms with Crippen LogP contribution in [-0.4, -0.2) is 29.7 Å². The maximum atomic E-state index is 13.0. The van der Waals surface area contributed by atoms with Crippen LogP contribution in [0, 0.1) is 0 Å². The average Bonchev–Trinajstić information content (AvgIpc) is 3.34. The van der Waals surface area contributed by atoms with Crippen LogP contribution in [0.1, 0.15) is 23.8 Å². The molecule has 0 radical (unpaired) electrons. The van der Waals surface area contributed by atoms with E-state index in [4.69, 9.17) is 9.26 Å². The molecule has 0 spiro atoms. The second kappa shape index (κ2) is 7.23. The summed E-state index contributed by atoms with van der Waals surface area (Å²) in [6.07, 6.45) is -4.40. The number of amides is 1. The van der Waals surface area contributed by atoms with E-state index in [9.17, 15) is 18.0 Å².